The highest BCUT2D eigenvalue weighted by Crippen LogP contribution is 2.25. The fraction of sp³-hybridized carbons (Fsp3) is 0.364. The fourth-order valence-electron chi connectivity index (χ4n) is 2.87. The Morgan fingerprint density at radius 2 is 1.54 bits per heavy atom. The van der Waals surface area contributed by atoms with Crippen LogP contribution in [0.15, 0.2) is 41.3 Å². The molecule has 3 N–H and O–H groups in total. The van der Waals surface area contributed by atoms with Crippen molar-refractivity contribution in [2.75, 3.05) is 10.6 Å². The normalized spacial score (nSPS) is 12.6. The summed E-state index contributed by atoms with van der Waals surface area (Å²) in [5.74, 6) is 0. The highest BCUT2D eigenvalue weighted by molar-refractivity contribution is 7.86. The Morgan fingerprint density at radius 3 is 2.07 bits per heavy atom. The minimum absolute atomic E-state index is 0.117. The first-order valence-electron chi connectivity index (χ1n) is 9.30. The van der Waals surface area contributed by atoms with E-state index in [1.54, 1.807) is 12.1 Å². The molecule has 0 fully saturated rings. The van der Waals surface area contributed by atoms with Gasteiger partial charge in [-0.1, -0.05) is 24.3 Å². The van der Waals surface area contributed by atoms with Gasteiger partial charge < -0.3 is 10.6 Å². The Kier molecular flexibility index (Phi) is 6.57. The molecule has 0 aliphatic heterocycles. The van der Waals surface area contributed by atoms with Crippen LogP contribution in [-0.2, 0) is 10.1 Å². The molecule has 0 atom stereocenters. The minimum atomic E-state index is -4.35. The lowest BCUT2D eigenvalue weighted by Gasteiger charge is -2.22. The Bertz CT molecular complexity index is 972. The maximum absolute atomic E-state index is 11.9. The van der Waals surface area contributed by atoms with Crippen molar-refractivity contribution in [2.24, 2.45) is 0 Å². The van der Waals surface area contributed by atoms with Crippen molar-refractivity contribution in [3.05, 3.63) is 53.1 Å². The second kappa shape index (κ2) is 8.37. The zero-order chi connectivity index (χ0) is 21.1. The van der Waals surface area contributed by atoms with Crippen LogP contribution in [0.5, 0.6) is 0 Å². The van der Waals surface area contributed by atoms with E-state index in [2.05, 4.69) is 30.5 Å². The third-order valence-electron chi connectivity index (χ3n) is 3.98. The molecule has 0 radical (unpaired) electrons. The lowest BCUT2D eigenvalue weighted by molar-refractivity contribution is 0.483. The van der Waals surface area contributed by atoms with Crippen molar-refractivity contribution < 1.29 is 13.0 Å². The summed E-state index contributed by atoms with van der Waals surface area (Å²) in [5.41, 5.74) is 3.94. The molecule has 0 saturated carbocycles. The molecule has 0 aliphatic carbocycles. The predicted octanol–water partition coefficient (Wildman–Crippen LogP) is 5.44. The van der Waals surface area contributed by atoms with E-state index in [9.17, 15) is 13.0 Å². The van der Waals surface area contributed by atoms with Crippen molar-refractivity contribution >= 4 is 33.6 Å². The molecule has 152 valence electrons. The van der Waals surface area contributed by atoms with Crippen molar-refractivity contribution in [1.82, 2.24) is 0 Å². The van der Waals surface area contributed by atoms with E-state index in [0.717, 1.165) is 16.8 Å². The number of nitrogens with one attached hydrogen (secondary N) is 2. The lowest BCUT2D eigenvalue weighted by atomic mass is 10.0. The molecule has 2 aromatic carbocycles. The van der Waals surface area contributed by atoms with Gasteiger partial charge in [0.1, 0.15) is 4.90 Å². The summed E-state index contributed by atoms with van der Waals surface area (Å²) < 4.78 is 33.4. The van der Waals surface area contributed by atoms with Crippen molar-refractivity contribution in [3.8, 4) is 0 Å². The molecular weight excluding hydrogens is 372 g/mol. The first-order chi connectivity index (χ1) is 12.8. The largest absolute Gasteiger partial charge is 0.383 e. The zero-order valence-electron chi connectivity index (χ0n) is 17.4. The zero-order valence-corrected chi connectivity index (χ0v) is 18.2. The van der Waals surface area contributed by atoms with Gasteiger partial charge in [-0.3, -0.25) is 4.55 Å². The van der Waals surface area contributed by atoms with Crippen LogP contribution in [0.2, 0.25) is 0 Å². The summed E-state index contributed by atoms with van der Waals surface area (Å²) in [4.78, 5) is -0.117. The minimum Gasteiger partial charge on any atom is -0.383 e. The van der Waals surface area contributed by atoms with Gasteiger partial charge in [-0.25, -0.2) is 0 Å². The van der Waals surface area contributed by atoms with E-state index in [4.69, 9.17) is 0 Å². The molecule has 0 aromatic heterocycles. The van der Waals surface area contributed by atoms with E-state index in [1.807, 2.05) is 52.0 Å². The van der Waals surface area contributed by atoms with Gasteiger partial charge in [0.15, 0.2) is 0 Å². The smallest absolute Gasteiger partial charge is 0.295 e. The van der Waals surface area contributed by atoms with Crippen LogP contribution in [0.25, 0.3) is 12.2 Å². The molecule has 5 nitrogen and oxygen atoms in total. The quantitative estimate of drug-likeness (QED) is 0.443. The van der Waals surface area contributed by atoms with Crippen LogP contribution in [0.3, 0.4) is 0 Å². The summed E-state index contributed by atoms with van der Waals surface area (Å²) in [5, 5.41) is 6.58. The van der Waals surface area contributed by atoms with Gasteiger partial charge in [0, 0.05) is 23.0 Å². The molecule has 0 heterocycles. The van der Waals surface area contributed by atoms with Crippen LogP contribution in [-0.4, -0.2) is 24.6 Å². The van der Waals surface area contributed by atoms with Gasteiger partial charge in [0.25, 0.3) is 10.1 Å². The van der Waals surface area contributed by atoms with Crippen LogP contribution in [0, 0.1) is 6.92 Å². The van der Waals surface area contributed by atoms with E-state index < -0.39 is 10.1 Å². The van der Waals surface area contributed by atoms with Crippen molar-refractivity contribution in [2.45, 2.75) is 58.0 Å². The Labute approximate surface area is 168 Å². The van der Waals surface area contributed by atoms with Gasteiger partial charge in [0.2, 0.25) is 0 Å². The molecule has 0 bridgehead atoms. The van der Waals surface area contributed by atoms with Gasteiger partial charge >= 0.3 is 0 Å². The molecule has 2 aromatic rings. The molecule has 6 heteroatoms. The SMILES string of the molecule is Cc1cc(NC(C)C)ccc1/C=C/c1ccc(NC(C)(C)C)cc1S(=O)(=O)O. The van der Waals surface area contributed by atoms with Crippen LogP contribution in [0.4, 0.5) is 11.4 Å². The molecule has 0 spiro atoms. The second-order valence-corrected chi connectivity index (χ2v) is 9.70. The van der Waals surface area contributed by atoms with Gasteiger partial charge in [-0.15, -0.1) is 0 Å². The Hall–Kier alpha value is -2.31. The average molecular weight is 403 g/mol. The fourth-order valence-corrected chi connectivity index (χ4v) is 3.58. The maximum atomic E-state index is 11.9. The number of hydrogen-bond donors (Lipinski definition) is 3. The number of rotatable bonds is 6. The van der Waals surface area contributed by atoms with Gasteiger partial charge in [0.05, 0.1) is 0 Å². The third-order valence-corrected chi connectivity index (χ3v) is 4.89. The highest BCUT2D eigenvalue weighted by Gasteiger charge is 2.17. The summed E-state index contributed by atoms with van der Waals surface area (Å²) in [6, 6.07) is 11.3. The Balaban J connectivity index is 2.37. The van der Waals surface area contributed by atoms with Gasteiger partial charge in [-0.2, -0.15) is 8.42 Å². The molecule has 0 aliphatic rings. The standard InChI is InChI=1S/C22H30N2O3S/c1-15(2)23-19-11-9-17(16(3)13-19)7-8-18-10-12-20(24-22(4,5)6)14-21(18)28(25,26)27/h7-15,23-24H,1-6H3,(H,25,26,27)/b8-7+. The Morgan fingerprint density at radius 1 is 0.964 bits per heavy atom. The van der Waals surface area contributed by atoms with Crippen LogP contribution >= 0.6 is 0 Å². The summed E-state index contributed by atoms with van der Waals surface area (Å²) in [7, 11) is -4.35. The first kappa shape index (κ1) is 22.0. The number of hydrogen-bond acceptors (Lipinski definition) is 4. The maximum Gasteiger partial charge on any atom is 0.295 e. The number of benzene rings is 2. The van der Waals surface area contributed by atoms with Crippen LogP contribution in [0.1, 0.15) is 51.3 Å². The third kappa shape index (κ3) is 6.39. The predicted molar refractivity (Wildman–Crippen MR) is 118 cm³/mol. The second-order valence-electron chi connectivity index (χ2n) is 8.31. The lowest BCUT2D eigenvalue weighted by Crippen LogP contribution is -2.26. The summed E-state index contributed by atoms with van der Waals surface area (Å²) >= 11 is 0. The molecule has 0 saturated heterocycles. The van der Waals surface area contributed by atoms with E-state index in [-0.39, 0.29) is 10.4 Å². The summed E-state index contributed by atoms with van der Waals surface area (Å²) in [6.45, 7) is 12.1. The number of anilines is 2. The first-order valence-corrected chi connectivity index (χ1v) is 10.7. The van der Waals surface area contributed by atoms with E-state index in [1.165, 1.54) is 6.07 Å². The van der Waals surface area contributed by atoms with Crippen molar-refractivity contribution in [3.63, 3.8) is 0 Å². The number of aryl methyl sites for hydroxylation is 1. The van der Waals surface area contributed by atoms with E-state index >= 15 is 0 Å². The topological polar surface area (TPSA) is 78.4 Å². The highest BCUT2D eigenvalue weighted by atomic mass is 32.2. The summed E-state index contributed by atoms with van der Waals surface area (Å²) in [6.07, 6.45) is 3.57. The monoisotopic (exact) mass is 402 g/mol. The van der Waals surface area contributed by atoms with E-state index in [0.29, 0.717) is 17.3 Å². The van der Waals surface area contributed by atoms with Crippen LogP contribution < -0.4 is 10.6 Å². The molecular formula is C22H30N2O3S. The molecule has 28 heavy (non-hydrogen) atoms. The van der Waals surface area contributed by atoms with Crippen molar-refractivity contribution in [1.29, 1.82) is 0 Å². The van der Waals surface area contributed by atoms with Gasteiger partial charge in [-0.05, 0) is 82.5 Å². The molecule has 0 unspecified atom stereocenters. The molecule has 2 rings (SSSR count). The average Bonchev–Trinajstić information content (AvgIpc) is 2.52. The molecule has 0 amide bonds.